The number of likely N-dealkylation sites (N-methyl/N-ethyl adjacent to an activating group) is 1. The Hall–Kier alpha value is -1.57. The van der Waals surface area contributed by atoms with Crippen molar-refractivity contribution in [2.24, 2.45) is 0 Å². The molecule has 0 saturated carbocycles. The predicted octanol–water partition coefficient (Wildman–Crippen LogP) is 1.68. The fourth-order valence-electron chi connectivity index (χ4n) is 2.32. The lowest BCUT2D eigenvalue weighted by molar-refractivity contribution is -0.144. The van der Waals surface area contributed by atoms with Crippen molar-refractivity contribution in [3.05, 3.63) is 11.9 Å². The van der Waals surface area contributed by atoms with Gasteiger partial charge in [-0.25, -0.2) is 9.97 Å². The third-order valence-corrected chi connectivity index (χ3v) is 3.35. The summed E-state index contributed by atoms with van der Waals surface area (Å²) in [5.41, 5.74) is 0. The van der Waals surface area contributed by atoms with Crippen molar-refractivity contribution in [2.45, 2.75) is 19.1 Å². The van der Waals surface area contributed by atoms with E-state index >= 15 is 0 Å². The molecule has 2 heterocycles. The van der Waals surface area contributed by atoms with E-state index < -0.39 is 12.0 Å². The summed E-state index contributed by atoms with van der Waals surface area (Å²) in [6.45, 7) is 4.21. The van der Waals surface area contributed by atoms with E-state index in [0.29, 0.717) is 12.4 Å². The Morgan fingerprint density at radius 1 is 1.30 bits per heavy atom. The molecule has 1 aliphatic heterocycles. The van der Waals surface area contributed by atoms with Crippen LogP contribution in [0.1, 0.15) is 12.7 Å². The van der Waals surface area contributed by atoms with Crippen LogP contribution in [0.15, 0.2) is 6.07 Å². The van der Waals surface area contributed by atoms with Crippen molar-refractivity contribution in [1.82, 2.24) is 14.9 Å². The van der Waals surface area contributed by atoms with Crippen LogP contribution in [0.3, 0.4) is 0 Å². The van der Waals surface area contributed by atoms with Crippen LogP contribution in [0.25, 0.3) is 0 Å². The lowest BCUT2D eigenvalue weighted by Crippen LogP contribution is -2.51. The van der Waals surface area contributed by atoms with E-state index in [-0.39, 0.29) is 11.9 Å². The molecule has 0 spiro atoms. The highest BCUT2D eigenvalue weighted by Gasteiger charge is 2.36. The van der Waals surface area contributed by atoms with Gasteiger partial charge < -0.3 is 15.1 Å². The highest BCUT2D eigenvalue weighted by atomic mass is 19.4. The van der Waals surface area contributed by atoms with E-state index in [1.165, 1.54) is 0 Å². The zero-order valence-electron chi connectivity index (χ0n) is 11.7. The summed E-state index contributed by atoms with van der Waals surface area (Å²) in [5, 5.41) is 2.65. The van der Waals surface area contributed by atoms with Gasteiger partial charge in [-0.15, -0.1) is 0 Å². The topological polar surface area (TPSA) is 44.3 Å². The lowest BCUT2D eigenvalue weighted by Gasteiger charge is -2.39. The number of nitrogens with one attached hydrogen (secondary N) is 1. The minimum atomic E-state index is -4.54. The molecule has 0 aromatic carbocycles. The van der Waals surface area contributed by atoms with Crippen LogP contribution >= 0.6 is 0 Å². The van der Waals surface area contributed by atoms with E-state index in [1.807, 2.05) is 18.9 Å². The average molecular weight is 289 g/mol. The number of rotatable bonds is 2. The second-order valence-corrected chi connectivity index (χ2v) is 4.99. The van der Waals surface area contributed by atoms with E-state index in [1.54, 1.807) is 13.1 Å². The average Bonchev–Trinajstić information content (AvgIpc) is 2.37. The largest absolute Gasteiger partial charge is 0.451 e. The van der Waals surface area contributed by atoms with Gasteiger partial charge in [0, 0.05) is 38.8 Å². The van der Waals surface area contributed by atoms with Gasteiger partial charge in [-0.2, -0.15) is 13.2 Å². The summed E-state index contributed by atoms with van der Waals surface area (Å²) in [6, 6.07) is 1.66. The van der Waals surface area contributed by atoms with Gasteiger partial charge in [0.15, 0.2) is 0 Å². The molecule has 1 N–H and O–H groups in total. The first-order valence-corrected chi connectivity index (χ1v) is 6.40. The van der Waals surface area contributed by atoms with Gasteiger partial charge in [0.2, 0.25) is 5.82 Å². The molecule has 0 amide bonds. The fraction of sp³-hybridized carbons (Fsp3) is 0.667. The lowest BCUT2D eigenvalue weighted by atomic mass is 10.2. The molecule has 1 unspecified atom stereocenters. The van der Waals surface area contributed by atoms with Gasteiger partial charge in [0.25, 0.3) is 0 Å². The van der Waals surface area contributed by atoms with Gasteiger partial charge >= 0.3 is 6.18 Å². The highest BCUT2D eigenvalue weighted by Crippen LogP contribution is 2.30. The Labute approximate surface area is 115 Å². The van der Waals surface area contributed by atoms with Crippen molar-refractivity contribution in [3.8, 4) is 0 Å². The Bertz CT molecular complexity index is 477. The molecule has 1 atom stereocenters. The summed E-state index contributed by atoms with van der Waals surface area (Å²) in [6.07, 6.45) is -4.54. The number of hydrogen-bond donors (Lipinski definition) is 1. The molecule has 0 aliphatic carbocycles. The van der Waals surface area contributed by atoms with Crippen molar-refractivity contribution in [2.75, 3.05) is 43.9 Å². The smallest absolute Gasteiger partial charge is 0.373 e. The van der Waals surface area contributed by atoms with Crippen LogP contribution in [0.5, 0.6) is 0 Å². The summed E-state index contributed by atoms with van der Waals surface area (Å²) in [5.74, 6) is -0.615. The normalized spacial score (nSPS) is 21.1. The van der Waals surface area contributed by atoms with E-state index in [4.69, 9.17) is 0 Å². The number of aromatic nitrogens is 2. The Balaban J connectivity index is 2.36. The second-order valence-electron chi connectivity index (χ2n) is 4.99. The minimum Gasteiger partial charge on any atom is -0.373 e. The number of nitrogens with zero attached hydrogens (tertiary/aromatic N) is 4. The number of halogens is 3. The number of hydrogen-bond acceptors (Lipinski definition) is 5. The Kier molecular flexibility index (Phi) is 4.03. The van der Waals surface area contributed by atoms with Crippen molar-refractivity contribution >= 4 is 11.6 Å². The Morgan fingerprint density at radius 2 is 2.00 bits per heavy atom. The molecule has 1 aromatic heterocycles. The molecule has 112 valence electrons. The van der Waals surface area contributed by atoms with Gasteiger partial charge in [-0.3, -0.25) is 0 Å². The molecule has 1 aromatic rings. The standard InChI is InChI=1S/C12H18F3N5/c1-8-7-19(3)4-5-20(8)10-6-9(16-2)17-11(18-10)12(13,14)15/h6,8H,4-5,7H2,1-3H3,(H,16,17,18). The molecule has 2 rings (SSSR count). The molecular formula is C12H18F3N5. The molecule has 0 radical (unpaired) electrons. The van der Waals surface area contributed by atoms with Crippen LogP contribution in [0.4, 0.5) is 24.8 Å². The first-order chi connectivity index (χ1) is 9.31. The van der Waals surface area contributed by atoms with Crippen molar-refractivity contribution in [3.63, 3.8) is 0 Å². The summed E-state index contributed by atoms with van der Waals surface area (Å²) in [4.78, 5) is 11.2. The first kappa shape index (κ1) is 14.8. The molecule has 8 heteroatoms. The molecule has 1 aliphatic rings. The highest BCUT2D eigenvalue weighted by molar-refractivity contribution is 5.50. The van der Waals surface area contributed by atoms with Crippen molar-refractivity contribution < 1.29 is 13.2 Å². The van der Waals surface area contributed by atoms with Crippen LogP contribution in [-0.4, -0.2) is 54.6 Å². The van der Waals surface area contributed by atoms with Crippen LogP contribution in [0, 0.1) is 0 Å². The maximum absolute atomic E-state index is 12.8. The van der Waals surface area contributed by atoms with Gasteiger partial charge in [-0.1, -0.05) is 0 Å². The third kappa shape index (κ3) is 3.12. The molecular weight excluding hydrogens is 271 g/mol. The first-order valence-electron chi connectivity index (χ1n) is 6.40. The zero-order chi connectivity index (χ0) is 14.9. The second kappa shape index (κ2) is 5.43. The zero-order valence-corrected chi connectivity index (χ0v) is 11.7. The number of anilines is 2. The molecule has 0 bridgehead atoms. The monoisotopic (exact) mass is 289 g/mol. The number of alkyl halides is 3. The summed E-state index contributed by atoms with van der Waals surface area (Å²) < 4.78 is 38.5. The van der Waals surface area contributed by atoms with Crippen LogP contribution < -0.4 is 10.2 Å². The van der Waals surface area contributed by atoms with Gasteiger partial charge in [-0.05, 0) is 14.0 Å². The molecule has 5 nitrogen and oxygen atoms in total. The van der Waals surface area contributed by atoms with Gasteiger partial charge in [0.1, 0.15) is 11.6 Å². The fourth-order valence-corrected chi connectivity index (χ4v) is 2.32. The van der Waals surface area contributed by atoms with Gasteiger partial charge in [0.05, 0.1) is 0 Å². The molecule has 1 saturated heterocycles. The molecule has 20 heavy (non-hydrogen) atoms. The predicted molar refractivity (Wildman–Crippen MR) is 70.9 cm³/mol. The minimum absolute atomic E-state index is 0.106. The maximum Gasteiger partial charge on any atom is 0.451 e. The van der Waals surface area contributed by atoms with Crippen LogP contribution in [0.2, 0.25) is 0 Å². The SMILES string of the molecule is CNc1cc(N2CCN(C)CC2C)nc(C(F)(F)F)n1. The third-order valence-electron chi connectivity index (χ3n) is 3.35. The summed E-state index contributed by atoms with van der Waals surface area (Å²) >= 11 is 0. The van der Waals surface area contributed by atoms with E-state index in [0.717, 1.165) is 13.1 Å². The van der Waals surface area contributed by atoms with Crippen molar-refractivity contribution in [1.29, 1.82) is 0 Å². The number of piperazine rings is 1. The van der Waals surface area contributed by atoms with Crippen LogP contribution in [-0.2, 0) is 6.18 Å². The Morgan fingerprint density at radius 3 is 2.55 bits per heavy atom. The molecule has 1 fully saturated rings. The quantitative estimate of drug-likeness (QED) is 0.897. The van der Waals surface area contributed by atoms with E-state index in [9.17, 15) is 13.2 Å². The summed E-state index contributed by atoms with van der Waals surface area (Å²) in [7, 11) is 3.54. The van der Waals surface area contributed by atoms with E-state index in [2.05, 4.69) is 20.2 Å². The maximum atomic E-state index is 12.8.